The van der Waals surface area contributed by atoms with Crippen LogP contribution in [-0.2, 0) is 85.6 Å². The standard InChI is InChI=1S/C46H70O43/c47-3-7(50)27-31(83-40-26(65)21(60)29(81-41-24(63)16(55)19(58)33(85-41)36(68)69)12(80-40)6-77-38-22(61)14(53)13(52)11(5-49)79-38)10(1-45(76,88-27)43(72)73)87-46(44(74)75)2-9(78-39-23(62)15(54)18(57)32(84-39)35(66)67)30(28(89-46)8(51)4-48)82-42-25(64)17(56)20(59)34(86-42)37(70)71/h7-34,38-42,47-65,76H,1-6H2,(H,66,67)(H,68,69)(H,70,71)(H,72,73)(H,74,75)/t7-,8-,9-,10-,11-,12-,13+,14+,15+,16+,17+,18-,19-,20-,21-,22-,23-,24-,25-,26+,27-,28-,29-,30-,31-,32+,33+,34+,38+,39+,40-,41+,42+,45-,46-/m1/s1. The van der Waals surface area contributed by atoms with Crippen molar-refractivity contribution in [3.63, 3.8) is 0 Å². The highest BCUT2D eigenvalue weighted by molar-refractivity contribution is 5.77. The Bertz CT molecular complexity index is 2410. The van der Waals surface area contributed by atoms with Crippen molar-refractivity contribution in [1.82, 2.24) is 0 Å². The highest BCUT2D eigenvalue weighted by atomic mass is 16.8. The molecule has 0 spiro atoms. The number of carboxylic acids is 5. The van der Waals surface area contributed by atoms with E-state index in [2.05, 4.69) is 0 Å². The second-order valence-corrected chi connectivity index (χ2v) is 21.6. The van der Waals surface area contributed by atoms with Crippen molar-refractivity contribution in [2.75, 3.05) is 26.4 Å². The zero-order valence-corrected chi connectivity index (χ0v) is 45.3. The fourth-order valence-electron chi connectivity index (χ4n) is 10.7. The van der Waals surface area contributed by atoms with Crippen molar-refractivity contribution in [1.29, 1.82) is 0 Å². The largest absolute Gasteiger partial charge is 0.479 e. The molecule has 7 rings (SSSR count). The summed E-state index contributed by atoms with van der Waals surface area (Å²) in [6.07, 6.45) is -83.9. The van der Waals surface area contributed by atoms with Gasteiger partial charge < -0.3 is 189 Å². The molecule has 43 heteroatoms. The molecule has 0 aromatic carbocycles. The first-order valence-electron chi connectivity index (χ1n) is 26.7. The van der Waals surface area contributed by atoms with Crippen LogP contribution < -0.4 is 0 Å². The Kier molecular flexibility index (Phi) is 23.7. The Hall–Kier alpha value is -3.97. The van der Waals surface area contributed by atoms with Crippen molar-refractivity contribution in [3.8, 4) is 0 Å². The van der Waals surface area contributed by atoms with Crippen LogP contribution >= 0.6 is 0 Å². The fourth-order valence-corrected chi connectivity index (χ4v) is 10.7. The number of hydrogen-bond acceptors (Lipinski definition) is 38. The third-order valence-corrected chi connectivity index (χ3v) is 15.7. The molecule has 0 bridgehead atoms. The molecule has 0 radical (unpaired) electrons. The van der Waals surface area contributed by atoms with Gasteiger partial charge in [0.05, 0.1) is 38.6 Å². The number of rotatable bonds is 23. The van der Waals surface area contributed by atoms with Crippen molar-refractivity contribution < 1.29 is 213 Å². The van der Waals surface area contributed by atoms with Crippen LogP contribution in [0, 0.1) is 0 Å². The van der Waals surface area contributed by atoms with Crippen molar-refractivity contribution in [3.05, 3.63) is 0 Å². The topological polar surface area (TPSA) is 711 Å². The molecule has 7 heterocycles. The Morgan fingerprint density at radius 2 is 0.798 bits per heavy atom. The van der Waals surface area contributed by atoms with Gasteiger partial charge in [-0.05, 0) is 0 Å². The van der Waals surface area contributed by atoms with Gasteiger partial charge in [-0.25, -0.2) is 24.0 Å². The van der Waals surface area contributed by atoms with Crippen LogP contribution in [0.2, 0.25) is 0 Å². The third-order valence-electron chi connectivity index (χ3n) is 15.7. The van der Waals surface area contributed by atoms with E-state index in [-0.39, 0.29) is 0 Å². The number of aliphatic carboxylic acids is 5. The Labute approximate surface area is 495 Å². The normalized spacial score (nSPS) is 48.8. The molecule has 35 atom stereocenters. The molecule has 7 aliphatic heterocycles. The minimum absolute atomic E-state index is 1.03. The van der Waals surface area contributed by atoms with Gasteiger partial charge in [0, 0.05) is 12.8 Å². The number of carbonyl (C=O) groups is 5. The molecule has 0 amide bonds. The van der Waals surface area contributed by atoms with Crippen LogP contribution in [0.3, 0.4) is 0 Å². The van der Waals surface area contributed by atoms with E-state index in [1.807, 2.05) is 0 Å². The Morgan fingerprint density at radius 1 is 0.416 bits per heavy atom. The minimum atomic E-state index is -3.79. The first-order chi connectivity index (χ1) is 41.6. The van der Waals surface area contributed by atoms with E-state index in [4.69, 9.17) is 61.6 Å². The van der Waals surface area contributed by atoms with Gasteiger partial charge in [0.1, 0.15) is 140 Å². The zero-order valence-electron chi connectivity index (χ0n) is 45.3. The predicted molar refractivity (Wildman–Crippen MR) is 256 cm³/mol. The molecular weight excluding hydrogens is 1240 g/mol. The SMILES string of the molecule is O=C(O)[C@H]1O[C@H](O[C@@H]2C[C@](O[C@@H]3C[C@](O)(C(=O)O)O[C@H]([C@H](O)CO)[C@@H]3O[C@H]3O[C@H](CO[C@H]4O[C@H](CO)[C@H](O)[C@H](O)[C@H]4O)[C@@H](O[C@H]4O[C@H](C(=O)O)[C@H](O)[C@H](O)[C@H]4O)[C@H](O)[C@@H]3O)(C(=O)O)O[C@H]([C@H](O)CO)[C@@H]2O[C@H]2O[C@H](C(=O)O)[C@H](O)[C@H](O)[C@H]2O)[C@H](O)[C@@H](O)[C@H]1O. The lowest BCUT2D eigenvalue weighted by Crippen LogP contribution is -2.71. The van der Waals surface area contributed by atoms with Gasteiger partial charge in [-0.3, -0.25) is 0 Å². The van der Waals surface area contributed by atoms with Gasteiger partial charge in [0.2, 0.25) is 0 Å². The molecule has 0 aromatic rings. The molecule has 0 aliphatic carbocycles. The summed E-state index contributed by atoms with van der Waals surface area (Å²) in [5.74, 6) is -18.4. The lowest BCUT2D eigenvalue weighted by molar-refractivity contribution is -0.411. The third kappa shape index (κ3) is 14.7. The van der Waals surface area contributed by atoms with E-state index in [1.165, 1.54) is 0 Å². The molecule has 43 nitrogen and oxygen atoms in total. The average molecular weight is 1310 g/mol. The molecule has 7 saturated heterocycles. The maximum absolute atomic E-state index is 14.0. The minimum Gasteiger partial charge on any atom is -0.479 e. The second kappa shape index (κ2) is 29.1. The quantitative estimate of drug-likeness (QED) is 0.0452. The second-order valence-electron chi connectivity index (χ2n) is 21.6. The van der Waals surface area contributed by atoms with Crippen molar-refractivity contribution in [2.45, 2.75) is 227 Å². The molecule has 25 N–H and O–H groups in total. The summed E-state index contributed by atoms with van der Waals surface area (Å²) >= 11 is 0. The van der Waals surface area contributed by atoms with E-state index in [0.717, 1.165) is 0 Å². The number of hydrogen-bond donors (Lipinski definition) is 25. The van der Waals surface area contributed by atoms with Gasteiger partial charge in [-0.15, -0.1) is 0 Å². The highest BCUT2D eigenvalue weighted by Gasteiger charge is 2.65. The maximum atomic E-state index is 14.0. The molecule has 7 fully saturated rings. The number of aliphatic hydroxyl groups is 20. The molecule has 89 heavy (non-hydrogen) atoms. The van der Waals surface area contributed by atoms with E-state index >= 15 is 0 Å². The van der Waals surface area contributed by atoms with Crippen LogP contribution in [0.1, 0.15) is 12.8 Å². The van der Waals surface area contributed by atoms with Gasteiger partial charge in [-0.2, -0.15) is 0 Å². The van der Waals surface area contributed by atoms with Crippen LogP contribution in [-0.4, -0.2) is 398 Å². The number of carboxylic acid groups (broad SMARTS) is 5. The monoisotopic (exact) mass is 1310 g/mol. The molecule has 0 aromatic heterocycles. The number of ether oxygens (including phenoxy) is 13. The van der Waals surface area contributed by atoms with Gasteiger partial charge in [-0.1, -0.05) is 0 Å². The molecule has 0 saturated carbocycles. The molecular formula is C46H70O43. The van der Waals surface area contributed by atoms with Crippen molar-refractivity contribution in [2.24, 2.45) is 0 Å². The Balaban J connectivity index is 1.31. The smallest absolute Gasteiger partial charge is 0.364 e. The number of aliphatic hydroxyl groups excluding tert-OH is 19. The molecule has 7 aliphatic rings. The summed E-state index contributed by atoms with van der Waals surface area (Å²) in [6.45, 7) is -5.32. The molecule has 512 valence electrons. The lowest BCUT2D eigenvalue weighted by Gasteiger charge is -2.53. The zero-order chi connectivity index (χ0) is 66.4. The van der Waals surface area contributed by atoms with E-state index in [0.29, 0.717) is 0 Å². The van der Waals surface area contributed by atoms with Gasteiger partial charge in [0.25, 0.3) is 11.6 Å². The maximum Gasteiger partial charge on any atom is 0.364 e. The van der Waals surface area contributed by atoms with Crippen LogP contribution in [0.25, 0.3) is 0 Å². The summed E-state index contributed by atoms with van der Waals surface area (Å²) in [4.78, 5) is 63.1. The lowest BCUT2D eigenvalue weighted by atomic mass is 9.89. The highest BCUT2D eigenvalue weighted by Crippen LogP contribution is 2.44. The summed E-state index contributed by atoms with van der Waals surface area (Å²) in [7, 11) is 0. The Morgan fingerprint density at radius 3 is 1.22 bits per heavy atom. The first-order valence-corrected chi connectivity index (χ1v) is 26.7. The van der Waals surface area contributed by atoms with Crippen LogP contribution in [0.15, 0.2) is 0 Å². The van der Waals surface area contributed by atoms with Crippen LogP contribution in [0.4, 0.5) is 0 Å². The van der Waals surface area contributed by atoms with E-state index < -0.39 is 283 Å². The molecule has 0 unspecified atom stereocenters. The van der Waals surface area contributed by atoms with Gasteiger partial charge in [0.15, 0.2) is 49.8 Å². The predicted octanol–water partition coefficient (Wildman–Crippen LogP) is -16.3. The van der Waals surface area contributed by atoms with E-state index in [9.17, 15) is 152 Å². The summed E-state index contributed by atoms with van der Waals surface area (Å²) in [6, 6.07) is 0. The summed E-state index contributed by atoms with van der Waals surface area (Å²) in [5.41, 5.74) is 0. The fraction of sp³-hybridized carbons (Fsp3) is 0.891. The first kappa shape index (κ1) is 72.5. The summed E-state index contributed by atoms with van der Waals surface area (Å²) in [5, 5.41) is 266. The van der Waals surface area contributed by atoms with Gasteiger partial charge >= 0.3 is 29.8 Å². The van der Waals surface area contributed by atoms with Crippen molar-refractivity contribution >= 4 is 29.8 Å². The summed E-state index contributed by atoms with van der Waals surface area (Å²) < 4.78 is 72.4. The average Bonchev–Trinajstić information content (AvgIpc) is 0.833. The van der Waals surface area contributed by atoms with Crippen LogP contribution in [0.5, 0.6) is 0 Å². The van der Waals surface area contributed by atoms with E-state index in [1.54, 1.807) is 0 Å².